The fraction of sp³-hybridized carbons (Fsp3) is 0.188. The number of carbonyl (C=O) groups excluding carboxylic acids is 1. The van der Waals surface area contributed by atoms with Gasteiger partial charge in [-0.15, -0.1) is 0 Å². The van der Waals surface area contributed by atoms with Gasteiger partial charge in [0.05, 0.1) is 12.8 Å². The van der Waals surface area contributed by atoms with Crippen molar-refractivity contribution in [3.63, 3.8) is 0 Å². The van der Waals surface area contributed by atoms with Crippen LogP contribution in [0.3, 0.4) is 0 Å². The summed E-state index contributed by atoms with van der Waals surface area (Å²) in [5.41, 5.74) is 0.170. The van der Waals surface area contributed by atoms with Crippen molar-refractivity contribution in [3.05, 3.63) is 47.5 Å². The molecule has 1 aliphatic rings. The second kappa shape index (κ2) is 6.49. The summed E-state index contributed by atoms with van der Waals surface area (Å²) in [6.45, 7) is 0. The quantitative estimate of drug-likeness (QED) is 0.828. The van der Waals surface area contributed by atoms with Crippen molar-refractivity contribution < 1.29 is 32.2 Å². The Morgan fingerprint density at radius 3 is 2.54 bits per heavy atom. The molecule has 1 aliphatic heterocycles. The molecule has 1 heterocycles. The van der Waals surface area contributed by atoms with Gasteiger partial charge in [0.25, 0.3) is 0 Å². The lowest BCUT2D eigenvalue weighted by molar-refractivity contribution is -0.317. The number of hydrogen-bond donors (Lipinski definition) is 2. The van der Waals surface area contributed by atoms with Crippen LogP contribution in [0.5, 0.6) is 17.2 Å². The van der Waals surface area contributed by atoms with Gasteiger partial charge in [-0.05, 0) is 24.3 Å². The Morgan fingerprint density at radius 2 is 1.85 bits per heavy atom. The summed E-state index contributed by atoms with van der Waals surface area (Å²) >= 11 is 5.75. The minimum atomic E-state index is -5.07. The number of halogens is 4. The third kappa shape index (κ3) is 3.30. The fourth-order valence-electron chi connectivity index (χ4n) is 2.27. The number of amides is 2. The number of ether oxygens (including phenoxy) is 3. The van der Waals surface area contributed by atoms with E-state index in [-0.39, 0.29) is 28.0 Å². The molecule has 0 aliphatic carbocycles. The van der Waals surface area contributed by atoms with Crippen molar-refractivity contribution in [3.8, 4) is 17.2 Å². The Hall–Kier alpha value is -2.81. The molecule has 6 nitrogen and oxygen atoms in total. The van der Waals surface area contributed by atoms with Crippen molar-refractivity contribution in [1.29, 1.82) is 0 Å². The van der Waals surface area contributed by atoms with Crippen LogP contribution in [0.4, 0.5) is 23.7 Å². The zero-order valence-electron chi connectivity index (χ0n) is 13.2. The molecule has 0 saturated carbocycles. The van der Waals surface area contributed by atoms with Crippen LogP contribution < -0.4 is 24.8 Å². The van der Waals surface area contributed by atoms with Crippen molar-refractivity contribution in [2.24, 2.45) is 0 Å². The lowest BCUT2D eigenvalue weighted by Crippen LogP contribution is -2.65. The first-order valence-electron chi connectivity index (χ1n) is 7.20. The number of methoxy groups -OCH3 is 1. The van der Waals surface area contributed by atoms with E-state index in [1.807, 2.05) is 0 Å². The molecule has 0 fully saturated rings. The van der Waals surface area contributed by atoms with Crippen LogP contribution >= 0.6 is 11.6 Å². The second-order valence-corrected chi connectivity index (χ2v) is 5.63. The number of para-hydroxylation sites is 2. The van der Waals surface area contributed by atoms with Crippen molar-refractivity contribution in [2.75, 3.05) is 12.4 Å². The Bertz CT molecular complexity index is 846. The fourth-order valence-corrected chi connectivity index (χ4v) is 2.43. The van der Waals surface area contributed by atoms with Crippen LogP contribution in [0.25, 0.3) is 0 Å². The zero-order valence-corrected chi connectivity index (χ0v) is 13.9. The molecule has 1 atom stereocenters. The number of alkyl halides is 3. The predicted octanol–water partition coefficient (Wildman–Crippen LogP) is 4.16. The number of fused-ring (bicyclic) bond motifs is 1. The summed E-state index contributed by atoms with van der Waals surface area (Å²) in [5, 5.41) is 4.10. The molecule has 138 valence electrons. The number of rotatable bonds is 3. The SMILES string of the molecule is COc1ccccc1NC(=O)N[C@]1(C(F)(F)F)Oc2ccc(Cl)cc2O1. The number of urea groups is 1. The largest absolute Gasteiger partial charge is 0.495 e. The van der Waals surface area contributed by atoms with Gasteiger partial charge in [-0.3, -0.25) is 5.32 Å². The minimum absolute atomic E-state index is 0.156. The molecule has 2 N–H and O–H groups in total. The van der Waals surface area contributed by atoms with Crippen LogP contribution in [0, 0.1) is 0 Å². The average molecular weight is 389 g/mol. The Kier molecular flexibility index (Phi) is 4.49. The molecule has 0 radical (unpaired) electrons. The number of anilines is 1. The molecule has 0 bridgehead atoms. The molecule has 2 amide bonds. The van der Waals surface area contributed by atoms with Crippen molar-refractivity contribution >= 4 is 23.3 Å². The highest BCUT2D eigenvalue weighted by atomic mass is 35.5. The summed E-state index contributed by atoms with van der Waals surface area (Å²) in [4.78, 5) is 12.1. The molecule has 0 spiro atoms. The van der Waals surface area contributed by atoms with Gasteiger partial charge in [-0.2, -0.15) is 13.2 Å². The van der Waals surface area contributed by atoms with Crippen LogP contribution in [0.1, 0.15) is 0 Å². The van der Waals surface area contributed by atoms with E-state index >= 15 is 0 Å². The topological polar surface area (TPSA) is 68.8 Å². The van der Waals surface area contributed by atoms with E-state index < -0.39 is 18.1 Å². The van der Waals surface area contributed by atoms with E-state index in [2.05, 4.69) is 5.32 Å². The first-order chi connectivity index (χ1) is 12.2. The van der Waals surface area contributed by atoms with E-state index in [1.165, 1.54) is 31.4 Å². The average Bonchev–Trinajstić information content (AvgIpc) is 2.93. The lowest BCUT2D eigenvalue weighted by atomic mass is 10.3. The Balaban J connectivity index is 1.84. The Morgan fingerprint density at radius 1 is 1.15 bits per heavy atom. The van der Waals surface area contributed by atoms with Crippen LogP contribution in [0.2, 0.25) is 5.02 Å². The maximum absolute atomic E-state index is 13.6. The summed E-state index contributed by atoms with van der Waals surface area (Å²) in [7, 11) is 1.36. The summed E-state index contributed by atoms with van der Waals surface area (Å²) in [5.74, 6) is -3.56. The standard InChI is InChI=1S/C16H12ClF3N2O4/c1-24-11-5-3-2-4-10(11)21-14(23)22-16(15(18,19)20)25-12-7-6-9(17)8-13(12)26-16/h2-8H,1H3,(H2,21,22,23)/t16-/m1/s1. The number of benzene rings is 2. The van der Waals surface area contributed by atoms with Gasteiger partial charge < -0.3 is 19.5 Å². The van der Waals surface area contributed by atoms with Gasteiger partial charge >= 0.3 is 18.1 Å². The maximum Gasteiger partial charge on any atom is 0.492 e. The van der Waals surface area contributed by atoms with Crippen molar-refractivity contribution in [1.82, 2.24) is 5.32 Å². The molecule has 3 rings (SSSR count). The summed E-state index contributed by atoms with van der Waals surface area (Å²) in [6, 6.07) is 8.73. The lowest BCUT2D eigenvalue weighted by Gasteiger charge is -2.29. The Labute approximate surface area is 150 Å². The highest BCUT2D eigenvalue weighted by Crippen LogP contribution is 2.46. The normalized spacial score (nSPS) is 18.3. The molecule has 0 unspecified atom stereocenters. The van der Waals surface area contributed by atoms with Crippen LogP contribution in [-0.4, -0.2) is 25.2 Å². The minimum Gasteiger partial charge on any atom is -0.495 e. The monoisotopic (exact) mass is 388 g/mol. The highest BCUT2D eigenvalue weighted by molar-refractivity contribution is 6.30. The molecule has 0 saturated heterocycles. The van der Waals surface area contributed by atoms with E-state index in [0.29, 0.717) is 0 Å². The molecule has 2 aromatic rings. The number of hydrogen-bond acceptors (Lipinski definition) is 4. The first-order valence-corrected chi connectivity index (χ1v) is 7.58. The van der Waals surface area contributed by atoms with Gasteiger partial charge in [0.2, 0.25) is 0 Å². The highest BCUT2D eigenvalue weighted by Gasteiger charge is 2.65. The molecule has 26 heavy (non-hydrogen) atoms. The van der Waals surface area contributed by atoms with E-state index in [4.69, 9.17) is 25.8 Å². The maximum atomic E-state index is 13.6. The smallest absolute Gasteiger partial charge is 0.492 e. The first kappa shape index (κ1) is 18.0. The third-order valence-corrected chi connectivity index (χ3v) is 3.65. The van der Waals surface area contributed by atoms with Gasteiger partial charge in [-0.25, -0.2) is 4.79 Å². The molecule has 10 heteroatoms. The van der Waals surface area contributed by atoms with E-state index in [1.54, 1.807) is 17.4 Å². The zero-order chi connectivity index (χ0) is 18.9. The number of carbonyl (C=O) groups is 1. The van der Waals surface area contributed by atoms with Gasteiger partial charge in [0.15, 0.2) is 11.5 Å². The molecule has 0 aromatic heterocycles. The molecular weight excluding hydrogens is 377 g/mol. The van der Waals surface area contributed by atoms with Crippen LogP contribution in [0.15, 0.2) is 42.5 Å². The molecular formula is C16H12ClF3N2O4. The van der Waals surface area contributed by atoms with Crippen molar-refractivity contribution in [2.45, 2.75) is 12.1 Å². The third-order valence-electron chi connectivity index (χ3n) is 3.42. The summed E-state index contributed by atoms with van der Waals surface area (Å²) < 4.78 is 55.5. The predicted molar refractivity (Wildman–Crippen MR) is 86.6 cm³/mol. The van der Waals surface area contributed by atoms with E-state index in [9.17, 15) is 18.0 Å². The second-order valence-electron chi connectivity index (χ2n) is 5.19. The van der Waals surface area contributed by atoms with Crippen LogP contribution in [-0.2, 0) is 0 Å². The van der Waals surface area contributed by atoms with E-state index in [0.717, 1.165) is 6.07 Å². The summed E-state index contributed by atoms with van der Waals surface area (Å²) in [6.07, 6.45) is -5.07. The van der Waals surface area contributed by atoms with Gasteiger partial charge in [0.1, 0.15) is 5.75 Å². The van der Waals surface area contributed by atoms with Gasteiger partial charge in [-0.1, -0.05) is 23.7 Å². The van der Waals surface area contributed by atoms with Gasteiger partial charge in [0, 0.05) is 11.1 Å². The number of nitrogens with one attached hydrogen (secondary N) is 2. The molecule has 2 aromatic carbocycles.